The van der Waals surface area contributed by atoms with E-state index in [0.717, 1.165) is 25.7 Å². The molecule has 0 aromatic carbocycles. The second-order valence-electron chi connectivity index (χ2n) is 5.34. The van der Waals surface area contributed by atoms with Crippen molar-refractivity contribution in [1.29, 1.82) is 0 Å². The van der Waals surface area contributed by atoms with Gasteiger partial charge in [0, 0.05) is 0 Å². The van der Waals surface area contributed by atoms with Crippen LogP contribution in [0.15, 0.2) is 12.2 Å². The van der Waals surface area contributed by atoms with Crippen LogP contribution in [0.2, 0.25) is 0 Å². The number of ether oxygens (including phenoxy) is 1. The molecule has 0 unspecified atom stereocenters. The first-order valence-electron chi connectivity index (χ1n) is 6.11. The average molecular weight is 206 g/mol. The van der Waals surface area contributed by atoms with E-state index in [1.165, 1.54) is 19.3 Å². The summed E-state index contributed by atoms with van der Waals surface area (Å²) < 4.78 is 5.33. The van der Waals surface area contributed by atoms with Crippen molar-refractivity contribution in [3.63, 3.8) is 0 Å². The molecule has 82 valence electrons. The van der Waals surface area contributed by atoms with Crippen LogP contribution < -0.4 is 0 Å². The highest BCUT2D eigenvalue weighted by Gasteiger charge is 2.59. The van der Waals surface area contributed by atoms with E-state index in [0.29, 0.717) is 6.61 Å². The summed E-state index contributed by atoms with van der Waals surface area (Å²) in [5.74, 6) is 0.0952. The maximum atomic E-state index is 12.1. The maximum Gasteiger partial charge on any atom is 0.312 e. The van der Waals surface area contributed by atoms with E-state index < -0.39 is 0 Å². The van der Waals surface area contributed by atoms with Gasteiger partial charge >= 0.3 is 5.97 Å². The van der Waals surface area contributed by atoms with E-state index in [2.05, 4.69) is 12.2 Å². The minimum absolute atomic E-state index is 0.0952. The Morgan fingerprint density at radius 3 is 2.73 bits per heavy atom. The molecule has 0 radical (unpaired) electrons. The minimum Gasteiger partial charge on any atom is -0.465 e. The van der Waals surface area contributed by atoms with Crippen molar-refractivity contribution in [3.05, 3.63) is 12.2 Å². The van der Waals surface area contributed by atoms with E-state index >= 15 is 0 Å². The number of hydrogen-bond donors (Lipinski definition) is 0. The molecule has 2 atom stereocenters. The first-order chi connectivity index (χ1) is 7.29. The molecule has 15 heavy (non-hydrogen) atoms. The summed E-state index contributed by atoms with van der Waals surface area (Å²) in [6, 6.07) is 0. The normalized spacial score (nSPS) is 44.1. The van der Waals surface area contributed by atoms with Crippen LogP contribution >= 0.6 is 0 Å². The van der Waals surface area contributed by atoms with Crippen LogP contribution in [0.3, 0.4) is 0 Å². The molecular formula is C13H18O2. The Hall–Kier alpha value is -0.790. The molecule has 0 bridgehead atoms. The van der Waals surface area contributed by atoms with E-state index in [4.69, 9.17) is 4.74 Å². The first-order valence-corrected chi connectivity index (χ1v) is 6.11. The van der Waals surface area contributed by atoms with Crippen LogP contribution in [0.5, 0.6) is 0 Å². The number of carbonyl (C=O) groups excluding carboxylic acids is 1. The van der Waals surface area contributed by atoms with Gasteiger partial charge in [-0.15, -0.1) is 0 Å². The van der Waals surface area contributed by atoms with Crippen LogP contribution in [0.1, 0.15) is 44.9 Å². The highest BCUT2D eigenvalue weighted by molar-refractivity contribution is 5.79. The van der Waals surface area contributed by atoms with E-state index in [9.17, 15) is 4.79 Å². The Balaban J connectivity index is 2.07. The van der Waals surface area contributed by atoms with Gasteiger partial charge in [-0.2, -0.15) is 0 Å². The summed E-state index contributed by atoms with van der Waals surface area (Å²) >= 11 is 0. The molecular weight excluding hydrogens is 188 g/mol. The maximum absolute atomic E-state index is 12.1. The summed E-state index contributed by atoms with van der Waals surface area (Å²) in [5.41, 5.74) is 0.119. The Morgan fingerprint density at radius 1 is 1.07 bits per heavy atom. The fraction of sp³-hybridized carbons (Fsp3) is 0.769. The molecule has 0 aromatic heterocycles. The summed E-state index contributed by atoms with van der Waals surface area (Å²) in [7, 11) is 0. The number of esters is 1. The van der Waals surface area contributed by atoms with Crippen molar-refractivity contribution in [3.8, 4) is 0 Å². The predicted octanol–water partition coefficient (Wildman–Crippen LogP) is 2.83. The van der Waals surface area contributed by atoms with Crippen LogP contribution in [-0.2, 0) is 9.53 Å². The molecule has 0 spiro atoms. The van der Waals surface area contributed by atoms with E-state index in [1.807, 2.05) is 0 Å². The molecule has 2 aliphatic carbocycles. The topological polar surface area (TPSA) is 26.3 Å². The molecule has 2 fully saturated rings. The summed E-state index contributed by atoms with van der Waals surface area (Å²) in [6.45, 7) is 0.647. The third-order valence-electron chi connectivity index (χ3n) is 4.87. The van der Waals surface area contributed by atoms with Crippen molar-refractivity contribution in [2.75, 3.05) is 6.61 Å². The van der Waals surface area contributed by atoms with Crippen molar-refractivity contribution >= 4 is 5.97 Å². The molecule has 2 nitrogen and oxygen atoms in total. The molecule has 2 heteroatoms. The van der Waals surface area contributed by atoms with Crippen LogP contribution in [-0.4, -0.2) is 12.6 Å². The van der Waals surface area contributed by atoms with Crippen LogP contribution in [0.25, 0.3) is 0 Å². The number of allylic oxidation sites excluding steroid dienone is 2. The van der Waals surface area contributed by atoms with Gasteiger partial charge in [0.05, 0.1) is 12.0 Å². The van der Waals surface area contributed by atoms with Crippen molar-refractivity contribution in [1.82, 2.24) is 0 Å². The third-order valence-corrected chi connectivity index (χ3v) is 4.87. The minimum atomic E-state index is -0.141. The lowest BCUT2D eigenvalue weighted by Crippen LogP contribution is -2.55. The Labute approximate surface area is 90.7 Å². The molecule has 0 N–H and O–H groups in total. The zero-order chi connectivity index (χ0) is 10.4. The highest BCUT2D eigenvalue weighted by atomic mass is 16.5. The zero-order valence-corrected chi connectivity index (χ0v) is 9.13. The fourth-order valence-corrected chi connectivity index (χ4v) is 3.95. The quantitative estimate of drug-likeness (QED) is 0.450. The molecule has 0 amide bonds. The van der Waals surface area contributed by atoms with Crippen molar-refractivity contribution in [2.24, 2.45) is 10.8 Å². The third kappa shape index (κ3) is 1.08. The average Bonchev–Trinajstić information content (AvgIpc) is 2.28. The fourth-order valence-electron chi connectivity index (χ4n) is 3.95. The van der Waals surface area contributed by atoms with Crippen LogP contribution in [0.4, 0.5) is 0 Å². The molecule has 0 aromatic rings. The van der Waals surface area contributed by atoms with Gasteiger partial charge in [-0.25, -0.2) is 0 Å². The van der Waals surface area contributed by atoms with E-state index in [1.54, 1.807) is 0 Å². The molecule has 1 aliphatic heterocycles. The van der Waals surface area contributed by atoms with Gasteiger partial charge in [0.25, 0.3) is 0 Å². The Morgan fingerprint density at radius 2 is 1.87 bits per heavy atom. The SMILES string of the molecule is O=C1OCC[C@@]23CC=CC[C@]12CCCC3. The number of carbonyl (C=O) groups is 1. The van der Waals surface area contributed by atoms with Gasteiger partial charge in [0.2, 0.25) is 0 Å². The van der Waals surface area contributed by atoms with Gasteiger partial charge in [-0.1, -0.05) is 25.0 Å². The number of cyclic esters (lactones) is 1. The first kappa shape index (κ1) is 9.44. The van der Waals surface area contributed by atoms with Gasteiger partial charge < -0.3 is 4.74 Å². The molecule has 3 rings (SSSR count). The standard InChI is InChI=1S/C13H18O2/c14-11-13-7-3-1-5-12(13,9-10-15-11)6-2-4-8-13/h1,3H,2,4-10H2/t12-,13-/m0/s1. The van der Waals surface area contributed by atoms with Crippen molar-refractivity contribution < 1.29 is 9.53 Å². The Kier molecular flexibility index (Phi) is 1.95. The predicted molar refractivity (Wildman–Crippen MR) is 57.3 cm³/mol. The van der Waals surface area contributed by atoms with Gasteiger partial charge in [-0.05, 0) is 37.5 Å². The monoisotopic (exact) mass is 206 g/mol. The lowest BCUT2D eigenvalue weighted by Gasteiger charge is -2.55. The lowest BCUT2D eigenvalue weighted by atomic mass is 9.49. The second kappa shape index (κ2) is 3.10. The molecule has 3 aliphatic rings. The van der Waals surface area contributed by atoms with Crippen LogP contribution in [0, 0.1) is 10.8 Å². The van der Waals surface area contributed by atoms with E-state index in [-0.39, 0.29) is 16.8 Å². The Bertz CT molecular complexity index is 316. The summed E-state index contributed by atoms with van der Waals surface area (Å²) in [6.07, 6.45) is 12.4. The zero-order valence-electron chi connectivity index (χ0n) is 9.13. The lowest BCUT2D eigenvalue weighted by molar-refractivity contribution is -0.186. The number of rotatable bonds is 0. The number of hydrogen-bond acceptors (Lipinski definition) is 2. The second-order valence-corrected chi connectivity index (χ2v) is 5.34. The largest absolute Gasteiger partial charge is 0.465 e. The van der Waals surface area contributed by atoms with Gasteiger partial charge in [0.1, 0.15) is 0 Å². The summed E-state index contributed by atoms with van der Waals surface area (Å²) in [5, 5.41) is 0. The summed E-state index contributed by atoms with van der Waals surface area (Å²) in [4.78, 5) is 12.1. The smallest absolute Gasteiger partial charge is 0.312 e. The van der Waals surface area contributed by atoms with Gasteiger partial charge in [0.15, 0.2) is 0 Å². The molecule has 1 heterocycles. The van der Waals surface area contributed by atoms with Gasteiger partial charge in [-0.3, -0.25) is 4.79 Å². The molecule has 1 saturated carbocycles. The molecule has 1 saturated heterocycles. The highest BCUT2D eigenvalue weighted by Crippen LogP contribution is 2.61. The van der Waals surface area contributed by atoms with Crippen molar-refractivity contribution in [2.45, 2.75) is 44.9 Å².